The van der Waals surface area contributed by atoms with Crippen LogP contribution in [0.2, 0.25) is 5.02 Å². The standard InChI is InChI=1S/C41H45ClFN9O4/c42-32-22-30(7-4-27(32)23-44)56-29-8-5-28(6-9-29)45-40(54)34-10-11-38(48-47-34)50-18-12-26(13-19-50)24-49-17-15-37(33(43)25-49)51-20-14-31-35(51)2-1-3-36(31)52-21-16-39(53)46-41(52)55/h1-4,7,10-11,14,20,22,26,28-29,33,37H,5-6,8-9,12-13,15-19,21,24-25H2,(H,45,54)(H,46,53,55)/t28-,29-,33-,37?/m1/s1. The van der Waals surface area contributed by atoms with Crippen LogP contribution < -0.4 is 25.2 Å². The Morgan fingerprint density at radius 2 is 1.80 bits per heavy atom. The number of aromatic nitrogens is 3. The molecule has 13 nitrogen and oxygen atoms in total. The number of nitriles is 1. The van der Waals surface area contributed by atoms with Crippen molar-refractivity contribution in [2.24, 2.45) is 5.92 Å². The minimum absolute atomic E-state index is 0.0171. The molecule has 5 heterocycles. The normalized spacial score (nSPS) is 23.8. The quantitative estimate of drug-likeness (QED) is 0.208. The van der Waals surface area contributed by atoms with Crippen LogP contribution in [0, 0.1) is 17.2 Å². The molecule has 0 bridgehead atoms. The van der Waals surface area contributed by atoms with Crippen molar-refractivity contribution in [2.75, 3.05) is 49.1 Å². The van der Waals surface area contributed by atoms with Crippen molar-refractivity contribution < 1.29 is 23.5 Å². The second-order valence-electron chi connectivity index (χ2n) is 15.3. The van der Waals surface area contributed by atoms with Crippen LogP contribution in [0.4, 0.5) is 20.7 Å². The lowest BCUT2D eigenvalue weighted by Gasteiger charge is -2.39. The summed E-state index contributed by atoms with van der Waals surface area (Å²) in [7, 11) is 0. The van der Waals surface area contributed by atoms with E-state index in [0.717, 1.165) is 87.1 Å². The van der Waals surface area contributed by atoms with E-state index in [0.29, 0.717) is 47.5 Å². The Kier molecular flexibility index (Phi) is 11.1. The summed E-state index contributed by atoms with van der Waals surface area (Å²) in [5.74, 6) is 1.33. The first kappa shape index (κ1) is 37.7. The summed E-state index contributed by atoms with van der Waals surface area (Å²) in [5.41, 5.74) is 2.31. The van der Waals surface area contributed by atoms with Gasteiger partial charge in [0.1, 0.15) is 18.0 Å². The molecule has 2 aromatic heterocycles. The molecule has 2 atom stereocenters. The predicted octanol–water partition coefficient (Wildman–Crippen LogP) is 6.02. The number of imide groups is 1. The SMILES string of the molecule is N#Cc1ccc(O[C@H]2CC[C@H](NC(=O)c3ccc(N4CCC(CN5CCC(n6ccc7c(N8CCC(=O)NC8=O)cccc76)[C@H](F)C5)CC4)nn3)CC2)cc1Cl. The Bertz CT molecular complexity index is 2130. The number of halogens is 2. The average Bonchev–Trinajstić information content (AvgIpc) is 3.64. The van der Waals surface area contributed by atoms with Gasteiger partial charge >= 0.3 is 6.03 Å². The van der Waals surface area contributed by atoms with Crippen molar-refractivity contribution in [3.05, 3.63) is 77.1 Å². The first-order valence-electron chi connectivity index (χ1n) is 19.6. The first-order valence-corrected chi connectivity index (χ1v) is 19.9. The zero-order valence-corrected chi connectivity index (χ0v) is 31.8. The van der Waals surface area contributed by atoms with Crippen LogP contribution in [0.25, 0.3) is 10.9 Å². The van der Waals surface area contributed by atoms with Crippen LogP contribution in [0.1, 0.15) is 73.5 Å². The van der Waals surface area contributed by atoms with Gasteiger partial charge in [0, 0.05) is 69.4 Å². The number of alkyl halides is 1. The van der Waals surface area contributed by atoms with Crippen LogP contribution in [0.3, 0.4) is 0 Å². The Morgan fingerprint density at radius 1 is 0.982 bits per heavy atom. The molecule has 1 unspecified atom stereocenters. The number of benzene rings is 2. The van der Waals surface area contributed by atoms with Gasteiger partial charge < -0.3 is 24.4 Å². The van der Waals surface area contributed by atoms with Crippen LogP contribution in [0.15, 0.2) is 60.8 Å². The van der Waals surface area contributed by atoms with E-state index in [2.05, 4.69) is 36.7 Å². The maximum absolute atomic E-state index is 15.9. The number of fused-ring (bicyclic) bond motifs is 1. The third-order valence-corrected chi connectivity index (χ3v) is 12.1. The number of anilines is 2. The van der Waals surface area contributed by atoms with Crippen molar-refractivity contribution in [3.63, 3.8) is 0 Å². The molecule has 56 heavy (non-hydrogen) atoms. The number of nitrogens with zero attached hydrogens (tertiary/aromatic N) is 7. The van der Waals surface area contributed by atoms with Gasteiger partial charge in [0.15, 0.2) is 11.5 Å². The van der Waals surface area contributed by atoms with Gasteiger partial charge in [0.25, 0.3) is 5.91 Å². The van der Waals surface area contributed by atoms with Gasteiger partial charge in [-0.25, -0.2) is 9.18 Å². The molecule has 1 aliphatic carbocycles. The van der Waals surface area contributed by atoms with Gasteiger partial charge in [-0.3, -0.25) is 19.8 Å². The fourth-order valence-corrected chi connectivity index (χ4v) is 8.90. The number of urea groups is 1. The number of carbonyl (C=O) groups is 3. The number of likely N-dealkylation sites (tertiary alicyclic amines) is 1. The summed E-state index contributed by atoms with van der Waals surface area (Å²) >= 11 is 6.14. The second kappa shape index (κ2) is 16.5. The number of nitrogens with one attached hydrogen (secondary N) is 2. The van der Waals surface area contributed by atoms with Crippen molar-refractivity contribution in [2.45, 2.75) is 75.7 Å². The maximum Gasteiger partial charge on any atom is 0.328 e. The minimum Gasteiger partial charge on any atom is -0.490 e. The van der Waals surface area contributed by atoms with Crippen LogP contribution in [-0.2, 0) is 4.79 Å². The molecule has 2 N–H and O–H groups in total. The van der Waals surface area contributed by atoms with Crippen molar-refractivity contribution in [1.29, 1.82) is 5.26 Å². The fraction of sp³-hybridized carbons (Fsp3) is 0.463. The zero-order chi connectivity index (χ0) is 38.8. The van der Waals surface area contributed by atoms with Crippen molar-refractivity contribution in [3.8, 4) is 11.8 Å². The van der Waals surface area contributed by atoms with E-state index in [9.17, 15) is 14.4 Å². The molecule has 4 aromatic rings. The number of rotatable bonds is 9. The Morgan fingerprint density at radius 3 is 2.52 bits per heavy atom. The molecule has 4 aliphatic rings. The number of carbonyl (C=O) groups excluding carboxylic acids is 3. The molecule has 4 amide bonds. The second-order valence-corrected chi connectivity index (χ2v) is 15.8. The van der Waals surface area contributed by atoms with Gasteiger partial charge in [-0.15, -0.1) is 10.2 Å². The number of hydrogen-bond donors (Lipinski definition) is 2. The largest absolute Gasteiger partial charge is 0.490 e. The monoisotopic (exact) mass is 781 g/mol. The van der Waals surface area contributed by atoms with E-state index in [-0.39, 0.29) is 36.4 Å². The van der Waals surface area contributed by atoms with E-state index in [1.807, 2.05) is 41.1 Å². The highest BCUT2D eigenvalue weighted by Gasteiger charge is 2.34. The Hall–Kier alpha value is -5.26. The topological polar surface area (TPSA) is 149 Å². The van der Waals surface area contributed by atoms with E-state index >= 15 is 4.39 Å². The highest BCUT2D eigenvalue weighted by Crippen LogP contribution is 2.35. The third-order valence-electron chi connectivity index (χ3n) is 11.7. The maximum atomic E-state index is 15.9. The number of ether oxygens (including phenoxy) is 1. The van der Waals surface area contributed by atoms with Crippen LogP contribution in [0.5, 0.6) is 5.75 Å². The first-order chi connectivity index (χ1) is 27.2. The lowest BCUT2D eigenvalue weighted by Crippen LogP contribution is -2.49. The number of hydrogen-bond acceptors (Lipinski definition) is 9. The molecular weight excluding hydrogens is 737 g/mol. The molecule has 3 aliphatic heterocycles. The van der Waals surface area contributed by atoms with Gasteiger partial charge in [-0.1, -0.05) is 17.7 Å². The third kappa shape index (κ3) is 8.15. The lowest BCUT2D eigenvalue weighted by molar-refractivity contribution is -0.120. The van der Waals surface area contributed by atoms with Crippen LogP contribution >= 0.6 is 11.6 Å². The Labute approximate surface area is 329 Å². The molecule has 1 saturated carbocycles. The molecule has 15 heteroatoms. The van der Waals surface area contributed by atoms with E-state index in [1.54, 1.807) is 29.2 Å². The van der Waals surface area contributed by atoms with Gasteiger partial charge in [0.05, 0.1) is 33.9 Å². The summed E-state index contributed by atoms with van der Waals surface area (Å²) in [5, 5.41) is 24.5. The molecule has 8 rings (SSSR count). The summed E-state index contributed by atoms with van der Waals surface area (Å²) in [4.78, 5) is 43.3. The fourth-order valence-electron chi connectivity index (χ4n) is 8.69. The van der Waals surface area contributed by atoms with Crippen LogP contribution in [-0.4, -0.2) is 95.1 Å². The summed E-state index contributed by atoms with van der Waals surface area (Å²) < 4.78 is 24.0. The van der Waals surface area contributed by atoms with Crippen molar-refractivity contribution >= 4 is 51.9 Å². The summed E-state index contributed by atoms with van der Waals surface area (Å²) in [6.45, 7) is 3.99. The summed E-state index contributed by atoms with van der Waals surface area (Å²) in [6.07, 6.45) is 6.91. The molecule has 3 saturated heterocycles. The average molecular weight is 782 g/mol. The molecule has 0 spiro atoms. The smallest absolute Gasteiger partial charge is 0.328 e. The van der Waals surface area contributed by atoms with Gasteiger partial charge in [-0.05, 0) is 93.3 Å². The van der Waals surface area contributed by atoms with Gasteiger partial charge in [0.2, 0.25) is 5.91 Å². The van der Waals surface area contributed by atoms with Crippen molar-refractivity contribution in [1.82, 2.24) is 30.3 Å². The van der Waals surface area contributed by atoms with E-state index in [1.165, 1.54) is 0 Å². The van der Waals surface area contributed by atoms with E-state index < -0.39 is 12.2 Å². The molecular formula is C41H45ClFN9O4. The molecule has 0 radical (unpaired) electrons. The summed E-state index contributed by atoms with van der Waals surface area (Å²) in [6, 6.07) is 17.7. The molecule has 292 valence electrons. The minimum atomic E-state index is -1.03. The molecule has 4 fully saturated rings. The lowest BCUT2D eigenvalue weighted by atomic mass is 9.92. The highest BCUT2D eigenvalue weighted by atomic mass is 35.5. The van der Waals surface area contributed by atoms with E-state index in [4.69, 9.17) is 21.6 Å². The predicted molar refractivity (Wildman–Crippen MR) is 210 cm³/mol. The number of piperidine rings is 2. The molecule has 2 aromatic carbocycles. The highest BCUT2D eigenvalue weighted by molar-refractivity contribution is 6.31. The zero-order valence-electron chi connectivity index (χ0n) is 31.1. The Balaban J connectivity index is 0.774. The number of amides is 4. The van der Waals surface area contributed by atoms with Gasteiger partial charge in [-0.2, -0.15) is 5.26 Å².